The van der Waals surface area contributed by atoms with Gasteiger partial charge in [0.25, 0.3) is 6.47 Å². The van der Waals surface area contributed by atoms with E-state index >= 15 is 0 Å². The van der Waals surface area contributed by atoms with Gasteiger partial charge in [0, 0.05) is 25.6 Å². The summed E-state index contributed by atoms with van der Waals surface area (Å²) >= 11 is 6.01. The van der Waals surface area contributed by atoms with Gasteiger partial charge in [-0.15, -0.1) is 0 Å². The molecule has 34 heavy (non-hydrogen) atoms. The van der Waals surface area contributed by atoms with E-state index < -0.39 is 0 Å². The van der Waals surface area contributed by atoms with Gasteiger partial charge in [-0.25, -0.2) is 0 Å². The molecule has 0 spiro atoms. The van der Waals surface area contributed by atoms with Gasteiger partial charge in [-0.1, -0.05) is 78.3 Å². The average molecular weight is 488 g/mol. The van der Waals surface area contributed by atoms with Crippen LogP contribution in [0.1, 0.15) is 32.8 Å². The Labute approximate surface area is 207 Å². The molecule has 1 unspecified atom stereocenters. The number of aromatic nitrogens is 2. The van der Waals surface area contributed by atoms with E-state index in [0.29, 0.717) is 16.9 Å². The maximum Gasteiger partial charge on any atom is 0.323 e. The Morgan fingerprint density at radius 1 is 1.03 bits per heavy atom. The van der Waals surface area contributed by atoms with Gasteiger partial charge < -0.3 is 19.3 Å². The van der Waals surface area contributed by atoms with Gasteiger partial charge in [-0.3, -0.25) is 4.79 Å². The van der Waals surface area contributed by atoms with Crippen LogP contribution in [0.15, 0.2) is 71.3 Å². The summed E-state index contributed by atoms with van der Waals surface area (Å²) in [6, 6.07) is 18.0. The number of hydrogen-bond donors (Lipinski definition) is 1. The van der Waals surface area contributed by atoms with Crippen LogP contribution in [0, 0.1) is 5.92 Å². The van der Waals surface area contributed by atoms with Crippen LogP contribution < -0.4 is 4.90 Å². The normalized spacial score (nSPS) is 10.4. The number of carbonyl (C=O) groups is 2. The first-order valence-electron chi connectivity index (χ1n) is 10.8. The quantitative estimate of drug-likeness (QED) is 0.327. The summed E-state index contributed by atoms with van der Waals surface area (Å²) in [5.41, 5.74) is 2.02. The lowest BCUT2D eigenvalue weighted by Crippen LogP contribution is -2.08. The summed E-state index contributed by atoms with van der Waals surface area (Å²) in [5, 5.41) is 11.4. The SMILES string of the molecule is C/C=C\C.CCC(C=O)Cc1ccccc1.CN(C)c1nc(-c2ccccc2Cl)no1.O=CO. The fraction of sp³-hybridized carbons (Fsp3) is 0.308. The first-order chi connectivity index (χ1) is 16.4. The van der Waals surface area contributed by atoms with Gasteiger partial charge in [-0.05, 0) is 44.4 Å². The van der Waals surface area contributed by atoms with Crippen molar-refractivity contribution in [1.29, 1.82) is 0 Å². The minimum absolute atomic E-state index is 0.187. The Hall–Kier alpha value is -3.45. The molecule has 0 fully saturated rings. The van der Waals surface area contributed by atoms with Crippen molar-refractivity contribution in [2.75, 3.05) is 19.0 Å². The van der Waals surface area contributed by atoms with Crippen LogP contribution in [0.4, 0.5) is 6.01 Å². The summed E-state index contributed by atoms with van der Waals surface area (Å²) in [6.45, 7) is 5.79. The second-order valence-electron chi connectivity index (χ2n) is 7.04. The van der Waals surface area contributed by atoms with Crippen molar-refractivity contribution in [2.24, 2.45) is 5.92 Å². The Morgan fingerprint density at radius 2 is 1.59 bits per heavy atom. The number of carbonyl (C=O) groups excluding carboxylic acids is 1. The van der Waals surface area contributed by atoms with Crippen LogP contribution in [0.5, 0.6) is 0 Å². The van der Waals surface area contributed by atoms with Crippen molar-refractivity contribution >= 4 is 30.4 Å². The highest BCUT2D eigenvalue weighted by atomic mass is 35.5. The summed E-state index contributed by atoms with van der Waals surface area (Å²) in [5.74, 6) is 0.691. The first-order valence-corrected chi connectivity index (χ1v) is 11.2. The topological polar surface area (TPSA) is 96.5 Å². The molecule has 0 saturated carbocycles. The highest BCUT2D eigenvalue weighted by molar-refractivity contribution is 6.33. The summed E-state index contributed by atoms with van der Waals surface area (Å²) < 4.78 is 5.04. The standard InChI is InChI=1S/C11H14O.C10H10ClN3O.C4H8.CH2O2/c1-2-10(9-12)8-11-6-4-3-5-7-11;1-14(2)10-12-9(13-15-10)7-5-3-4-6-8(7)11;1-3-4-2;2-1-3/h3-7,9-10H,2,8H2,1H3;3-6H,1-2H3;3-4H,1-2H3;1H,(H,2,3)/b;;4-3-;. The van der Waals surface area contributed by atoms with E-state index in [1.807, 2.05) is 83.4 Å². The summed E-state index contributed by atoms with van der Waals surface area (Å²) in [6.07, 6.45) is 6.85. The molecule has 0 amide bonds. The van der Waals surface area contributed by atoms with Crippen molar-refractivity contribution in [2.45, 2.75) is 33.6 Å². The van der Waals surface area contributed by atoms with Crippen LogP contribution in [-0.2, 0) is 16.0 Å². The average Bonchev–Trinajstić information content (AvgIpc) is 3.35. The van der Waals surface area contributed by atoms with Gasteiger partial charge in [0.05, 0.1) is 5.02 Å². The molecule has 0 radical (unpaired) electrons. The lowest BCUT2D eigenvalue weighted by Gasteiger charge is -2.05. The van der Waals surface area contributed by atoms with Crippen LogP contribution >= 0.6 is 11.6 Å². The molecule has 0 aliphatic carbocycles. The molecule has 1 N–H and O–H groups in total. The minimum Gasteiger partial charge on any atom is -0.483 e. The summed E-state index contributed by atoms with van der Waals surface area (Å²) in [4.78, 5) is 24.8. The smallest absolute Gasteiger partial charge is 0.323 e. The fourth-order valence-electron chi connectivity index (χ4n) is 2.35. The number of allylic oxidation sites excluding steroid dienone is 2. The number of aldehydes is 1. The van der Waals surface area contributed by atoms with E-state index in [9.17, 15) is 4.79 Å². The van der Waals surface area contributed by atoms with Gasteiger partial charge in [0.1, 0.15) is 6.29 Å². The van der Waals surface area contributed by atoms with Crippen LogP contribution in [0.2, 0.25) is 5.02 Å². The Balaban J connectivity index is 0.000000512. The maximum atomic E-state index is 10.5. The van der Waals surface area contributed by atoms with Gasteiger partial charge in [0.15, 0.2) is 0 Å². The molecule has 2 aromatic carbocycles. The van der Waals surface area contributed by atoms with Crippen LogP contribution in [0.3, 0.4) is 0 Å². The number of hydrogen-bond acceptors (Lipinski definition) is 6. The number of carboxylic acid groups (broad SMARTS) is 1. The number of rotatable bonds is 6. The third kappa shape index (κ3) is 12.6. The van der Waals surface area contributed by atoms with Crippen molar-refractivity contribution in [3.8, 4) is 11.4 Å². The van der Waals surface area contributed by atoms with E-state index in [4.69, 9.17) is 26.0 Å². The van der Waals surface area contributed by atoms with E-state index in [0.717, 1.165) is 24.7 Å². The molecule has 7 nitrogen and oxygen atoms in total. The van der Waals surface area contributed by atoms with E-state index in [2.05, 4.69) is 22.3 Å². The predicted molar refractivity (Wildman–Crippen MR) is 138 cm³/mol. The van der Waals surface area contributed by atoms with Crippen molar-refractivity contribution in [1.82, 2.24) is 10.1 Å². The van der Waals surface area contributed by atoms with Crippen LogP contribution in [-0.4, -0.2) is 42.1 Å². The first kappa shape index (κ1) is 30.6. The largest absolute Gasteiger partial charge is 0.483 e. The number of anilines is 1. The van der Waals surface area contributed by atoms with Crippen molar-refractivity contribution in [3.63, 3.8) is 0 Å². The highest BCUT2D eigenvalue weighted by Crippen LogP contribution is 2.26. The Bertz CT molecular complexity index is 955. The van der Waals surface area contributed by atoms with Gasteiger partial charge in [0.2, 0.25) is 5.82 Å². The third-order valence-corrected chi connectivity index (χ3v) is 4.63. The molecule has 0 bridgehead atoms. The molecule has 8 heteroatoms. The van der Waals surface area contributed by atoms with Gasteiger partial charge in [-0.2, -0.15) is 4.98 Å². The molecule has 0 saturated heterocycles. The predicted octanol–water partition coefficient (Wildman–Crippen LogP) is 6.19. The number of benzene rings is 2. The van der Waals surface area contributed by atoms with Crippen LogP contribution in [0.25, 0.3) is 11.4 Å². The van der Waals surface area contributed by atoms with E-state index in [-0.39, 0.29) is 12.4 Å². The lowest BCUT2D eigenvalue weighted by molar-refractivity contribution is -0.122. The number of nitrogens with zero attached hydrogens (tertiary/aromatic N) is 3. The zero-order chi connectivity index (χ0) is 25.8. The molecule has 1 atom stereocenters. The molecule has 1 aromatic heterocycles. The second-order valence-corrected chi connectivity index (χ2v) is 7.45. The summed E-state index contributed by atoms with van der Waals surface area (Å²) in [7, 11) is 3.67. The second kappa shape index (κ2) is 19.1. The van der Waals surface area contributed by atoms with Crippen molar-refractivity contribution < 1.29 is 19.2 Å². The Kier molecular flexibility index (Phi) is 17.1. The molecular formula is C26H34ClN3O4. The number of halogens is 1. The third-order valence-electron chi connectivity index (χ3n) is 4.30. The minimum atomic E-state index is -0.250. The molecule has 0 aliphatic heterocycles. The fourth-order valence-corrected chi connectivity index (χ4v) is 2.57. The molecule has 184 valence electrons. The molecule has 3 aromatic rings. The van der Waals surface area contributed by atoms with E-state index in [1.165, 1.54) is 5.56 Å². The molecule has 0 aliphatic rings. The lowest BCUT2D eigenvalue weighted by atomic mass is 9.99. The zero-order valence-corrected chi connectivity index (χ0v) is 21.1. The zero-order valence-electron chi connectivity index (χ0n) is 20.4. The van der Waals surface area contributed by atoms with Gasteiger partial charge >= 0.3 is 6.01 Å². The molecule has 1 heterocycles. The molecule has 3 rings (SSSR count). The van der Waals surface area contributed by atoms with Crippen molar-refractivity contribution in [3.05, 3.63) is 77.3 Å². The maximum absolute atomic E-state index is 10.5. The monoisotopic (exact) mass is 487 g/mol. The molecular weight excluding hydrogens is 454 g/mol. The highest BCUT2D eigenvalue weighted by Gasteiger charge is 2.11. The Morgan fingerprint density at radius 3 is 2.03 bits per heavy atom. The van der Waals surface area contributed by atoms with E-state index in [1.54, 1.807) is 11.0 Å².